The smallest absolute Gasteiger partial charge is 0.301 e. The fraction of sp³-hybridized carbons (Fsp3) is 0.355. The Bertz CT molecular complexity index is 1870. The van der Waals surface area contributed by atoms with Crippen molar-refractivity contribution in [2.45, 2.75) is 31.2 Å². The summed E-state index contributed by atoms with van der Waals surface area (Å²) in [6.07, 6.45) is 3.21. The molecule has 1 unspecified atom stereocenters. The molecule has 45 heavy (non-hydrogen) atoms. The summed E-state index contributed by atoms with van der Waals surface area (Å²) in [6, 6.07) is 11.3. The van der Waals surface area contributed by atoms with Crippen molar-refractivity contribution in [2.75, 3.05) is 49.0 Å². The van der Waals surface area contributed by atoms with E-state index < -0.39 is 50.8 Å². The number of pyridine rings is 1. The molecule has 10 nitrogen and oxygen atoms in total. The maximum absolute atomic E-state index is 15.6. The number of hydrogen-bond donors (Lipinski definition) is 2. The lowest BCUT2D eigenvalue weighted by molar-refractivity contribution is -0.169. The number of fused-ring (bicyclic) bond motifs is 1. The molecule has 3 fully saturated rings. The topological polar surface area (TPSA) is 117 Å². The lowest BCUT2D eigenvalue weighted by Crippen LogP contribution is -2.45. The summed E-state index contributed by atoms with van der Waals surface area (Å²) < 4.78 is 84.0. The van der Waals surface area contributed by atoms with Crippen LogP contribution < -0.4 is 9.62 Å². The maximum Gasteiger partial charge on any atom is 0.301 e. The van der Waals surface area contributed by atoms with Crippen LogP contribution in [0.25, 0.3) is 22.2 Å². The Balaban J connectivity index is 1.13. The first-order chi connectivity index (χ1) is 21.6. The van der Waals surface area contributed by atoms with Crippen molar-refractivity contribution in [2.24, 2.45) is 0 Å². The summed E-state index contributed by atoms with van der Waals surface area (Å²) in [7, 11) is -4.33. The minimum absolute atomic E-state index is 0.0158. The van der Waals surface area contributed by atoms with Gasteiger partial charge in [-0.1, -0.05) is 12.1 Å². The Kier molecular flexibility index (Phi) is 7.55. The first-order valence-electron chi connectivity index (χ1n) is 14.7. The van der Waals surface area contributed by atoms with E-state index in [9.17, 15) is 22.0 Å². The quantitative estimate of drug-likeness (QED) is 0.279. The summed E-state index contributed by atoms with van der Waals surface area (Å²) in [4.78, 5) is 23.1. The highest BCUT2D eigenvalue weighted by Crippen LogP contribution is 2.35. The predicted octanol–water partition coefficient (Wildman–Crippen LogP) is 4.78. The first-order valence-corrected chi connectivity index (χ1v) is 16.1. The van der Waals surface area contributed by atoms with Gasteiger partial charge in [0.2, 0.25) is 5.78 Å². The van der Waals surface area contributed by atoms with Crippen LogP contribution in [0.3, 0.4) is 0 Å². The summed E-state index contributed by atoms with van der Waals surface area (Å²) in [5.41, 5.74) is 1.33. The number of carbonyl (C=O) groups excluding carboxylic acids is 1. The zero-order chi connectivity index (χ0) is 31.3. The van der Waals surface area contributed by atoms with Crippen LogP contribution in [0.1, 0.15) is 35.2 Å². The summed E-state index contributed by atoms with van der Waals surface area (Å²) in [6.45, 7) is 2.40. The molecule has 0 saturated carbocycles. The SMILES string of the molecule is O=C(c1c(F)ccc(NS(=O)(=O)N2CCC(F)C2)c1F)c1c[nH]c2ncc(-c3ccc(N4CCC5(CC4)OCCO5)cc3)cc12. The van der Waals surface area contributed by atoms with Crippen LogP contribution in [0.2, 0.25) is 0 Å². The molecule has 2 aromatic heterocycles. The van der Waals surface area contributed by atoms with E-state index in [1.807, 2.05) is 29.0 Å². The number of ketones is 1. The van der Waals surface area contributed by atoms with Crippen LogP contribution in [0.5, 0.6) is 0 Å². The fourth-order valence-electron chi connectivity index (χ4n) is 6.19. The van der Waals surface area contributed by atoms with Gasteiger partial charge in [0.25, 0.3) is 0 Å². The van der Waals surface area contributed by atoms with Crippen molar-refractivity contribution >= 4 is 38.4 Å². The number of hydrogen-bond acceptors (Lipinski definition) is 7. The second-order valence-electron chi connectivity index (χ2n) is 11.4. The largest absolute Gasteiger partial charge is 0.371 e. The number of piperidine rings is 1. The average molecular weight is 642 g/mol. The molecular weight excluding hydrogens is 611 g/mol. The van der Waals surface area contributed by atoms with Crippen LogP contribution >= 0.6 is 0 Å². The summed E-state index contributed by atoms with van der Waals surface area (Å²) in [5.74, 6) is -3.98. The minimum Gasteiger partial charge on any atom is -0.371 e. The number of rotatable bonds is 7. The van der Waals surface area contributed by atoms with E-state index in [-0.39, 0.29) is 25.1 Å². The van der Waals surface area contributed by atoms with Gasteiger partial charge in [-0.05, 0) is 42.3 Å². The van der Waals surface area contributed by atoms with Crippen LogP contribution in [-0.2, 0) is 19.7 Å². The van der Waals surface area contributed by atoms with E-state index in [1.165, 1.54) is 6.20 Å². The molecule has 1 spiro atoms. The molecule has 236 valence electrons. The second kappa shape index (κ2) is 11.4. The number of H-pyrrole nitrogens is 1. The minimum atomic E-state index is -4.33. The van der Waals surface area contributed by atoms with Crippen molar-refractivity contribution in [3.05, 3.63) is 77.6 Å². The molecule has 1 atom stereocenters. The van der Waals surface area contributed by atoms with Gasteiger partial charge in [-0.2, -0.15) is 12.7 Å². The third-order valence-electron chi connectivity index (χ3n) is 8.67. The fourth-order valence-corrected chi connectivity index (χ4v) is 7.46. The Morgan fingerprint density at radius 1 is 1.02 bits per heavy atom. The van der Waals surface area contributed by atoms with Gasteiger partial charge in [0.15, 0.2) is 11.6 Å². The van der Waals surface area contributed by atoms with Crippen molar-refractivity contribution in [3.8, 4) is 11.1 Å². The Labute approximate surface area is 257 Å². The van der Waals surface area contributed by atoms with Crippen molar-refractivity contribution < 1.29 is 35.9 Å². The monoisotopic (exact) mass is 641 g/mol. The van der Waals surface area contributed by atoms with Crippen LogP contribution in [0, 0.1) is 11.6 Å². The molecule has 3 saturated heterocycles. The highest BCUT2D eigenvalue weighted by molar-refractivity contribution is 7.90. The van der Waals surface area contributed by atoms with Crippen molar-refractivity contribution in [1.29, 1.82) is 0 Å². The van der Waals surface area contributed by atoms with E-state index in [4.69, 9.17) is 9.47 Å². The van der Waals surface area contributed by atoms with Gasteiger partial charge in [0.05, 0.1) is 24.5 Å². The van der Waals surface area contributed by atoms with Gasteiger partial charge < -0.3 is 19.4 Å². The van der Waals surface area contributed by atoms with Gasteiger partial charge in [0.1, 0.15) is 17.6 Å². The lowest BCUT2D eigenvalue weighted by atomic mass is 9.99. The standard InChI is InChI=1S/C31H30F3N5O5S/c32-21-7-10-39(18-21)45(41,42)37-26-6-5-25(33)27(28(26)34)29(40)24-17-36-30-23(24)15-20(16-35-30)19-1-3-22(4-2-19)38-11-8-31(9-12-38)43-13-14-44-31/h1-6,15-17,21,37H,7-14,18H2,(H,35,36). The van der Waals surface area contributed by atoms with E-state index in [1.54, 1.807) is 12.3 Å². The molecule has 4 aromatic rings. The van der Waals surface area contributed by atoms with Gasteiger partial charge in [-0.25, -0.2) is 18.2 Å². The third-order valence-corrected chi connectivity index (χ3v) is 10.2. The molecule has 0 bridgehead atoms. The van der Waals surface area contributed by atoms with Crippen LogP contribution in [0.15, 0.2) is 54.9 Å². The molecular formula is C31H30F3N5O5S. The second-order valence-corrected chi connectivity index (χ2v) is 13.1. The first kappa shape index (κ1) is 29.7. The summed E-state index contributed by atoms with van der Waals surface area (Å²) in [5, 5.41) is 0.343. The Morgan fingerprint density at radius 3 is 2.44 bits per heavy atom. The van der Waals surface area contributed by atoms with Gasteiger partial charge in [0, 0.05) is 73.6 Å². The molecule has 3 aliphatic heterocycles. The third kappa shape index (κ3) is 5.56. The number of alkyl halides is 1. The van der Waals surface area contributed by atoms with E-state index >= 15 is 4.39 Å². The molecule has 14 heteroatoms. The highest BCUT2D eigenvalue weighted by Gasteiger charge is 2.40. The number of anilines is 2. The van der Waals surface area contributed by atoms with Crippen molar-refractivity contribution in [1.82, 2.24) is 14.3 Å². The number of nitrogens with zero attached hydrogens (tertiary/aromatic N) is 3. The van der Waals surface area contributed by atoms with Gasteiger partial charge in [-0.15, -0.1) is 0 Å². The molecule has 5 heterocycles. The number of benzene rings is 2. The molecule has 0 radical (unpaired) electrons. The molecule has 0 aliphatic carbocycles. The van der Waals surface area contributed by atoms with Crippen molar-refractivity contribution in [3.63, 3.8) is 0 Å². The summed E-state index contributed by atoms with van der Waals surface area (Å²) >= 11 is 0. The molecule has 0 amide bonds. The Morgan fingerprint density at radius 2 is 1.76 bits per heavy atom. The van der Waals surface area contributed by atoms with Gasteiger partial charge in [-0.3, -0.25) is 9.52 Å². The lowest BCUT2D eigenvalue weighted by Gasteiger charge is -2.38. The molecule has 2 N–H and O–H groups in total. The van der Waals surface area contributed by atoms with E-state index in [0.717, 1.165) is 53.6 Å². The number of nitrogens with one attached hydrogen (secondary N) is 2. The molecule has 2 aromatic carbocycles. The van der Waals surface area contributed by atoms with Gasteiger partial charge >= 0.3 is 10.2 Å². The number of halogens is 3. The van der Waals surface area contributed by atoms with Crippen LogP contribution in [-0.4, -0.2) is 79.8 Å². The van der Waals surface area contributed by atoms with E-state index in [2.05, 4.69) is 14.9 Å². The number of aromatic nitrogens is 2. The maximum atomic E-state index is 15.6. The Hall–Kier alpha value is -3.98. The zero-order valence-corrected chi connectivity index (χ0v) is 24.9. The number of aromatic amines is 1. The average Bonchev–Trinajstić information content (AvgIpc) is 3.79. The normalized spacial score (nSPS) is 20.3. The number of carbonyl (C=O) groups is 1. The molecule has 7 rings (SSSR count). The number of ether oxygens (including phenoxy) is 2. The van der Waals surface area contributed by atoms with Crippen LogP contribution in [0.4, 0.5) is 24.5 Å². The highest BCUT2D eigenvalue weighted by atomic mass is 32.2. The predicted molar refractivity (Wildman–Crippen MR) is 161 cm³/mol. The van der Waals surface area contributed by atoms with E-state index in [0.29, 0.717) is 29.8 Å². The molecule has 3 aliphatic rings. The zero-order valence-electron chi connectivity index (χ0n) is 24.1.